The van der Waals surface area contributed by atoms with Crippen molar-refractivity contribution >= 4 is 18.4 Å². The number of ether oxygens (including phenoxy) is 1. The van der Waals surface area contributed by atoms with E-state index in [2.05, 4.69) is 4.74 Å². The van der Waals surface area contributed by atoms with Gasteiger partial charge in [0.05, 0.1) is 18.1 Å². The molecule has 0 aromatic heterocycles. The molecule has 3 nitrogen and oxygen atoms in total. The van der Waals surface area contributed by atoms with E-state index >= 15 is 0 Å². The van der Waals surface area contributed by atoms with Crippen molar-refractivity contribution in [3.63, 3.8) is 0 Å². The lowest BCUT2D eigenvalue weighted by Crippen LogP contribution is -2.37. The second-order valence-corrected chi connectivity index (χ2v) is 4.92. The van der Waals surface area contributed by atoms with Gasteiger partial charge in [0.2, 0.25) is 0 Å². The van der Waals surface area contributed by atoms with E-state index in [4.69, 9.17) is 5.73 Å². The summed E-state index contributed by atoms with van der Waals surface area (Å²) in [6.07, 6.45) is -4.64. The Morgan fingerprint density at radius 2 is 1.81 bits per heavy atom. The molecule has 21 heavy (non-hydrogen) atoms. The number of carbonyl (C=O) groups excluding carboxylic acids is 1. The zero-order valence-electron chi connectivity index (χ0n) is 11.6. The van der Waals surface area contributed by atoms with Gasteiger partial charge in [-0.05, 0) is 26.0 Å². The molecule has 2 N–H and O–H groups in total. The second kappa shape index (κ2) is 6.62. The van der Waals surface area contributed by atoms with Crippen molar-refractivity contribution in [2.75, 3.05) is 7.11 Å². The topological polar surface area (TPSA) is 52.3 Å². The molecule has 1 atom stereocenters. The van der Waals surface area contributed by atoms with Gasteiger partial charge in [-0.25, -0.2) is 4.39 Å². The lowest BCUT2D eigenvalue weighted by Gasteiger charge is -2.29. The van der Waals surface area contributed by atoms with Crippen molar-refractivity contribution in [2.24, 2.45) is 11.1 Å². The van der Waals surface area contributed by atoms with Crippen molar-refractivity contribution in [3.05, 3.63) is 35.1 Å². The summed E-state index contributed by atoms with van der Waals surface area (Å²) < 4.78 is 55.7. The van der Waals surface area contributed by atoms with Crippen molar-refractivity contribution < 1.29 is 27.1 Å². The van der Waals surface area contributed by atoms with Crippen LogP contribution in [0.15, 0.2) is 18.2 Å². The zero-order chi connectivity index (χ0) is 15.7. The molecule has 120 valence electrons. The Labute approximate surface area is 125 Å². The van der Waals surface area contributed by atoms with Gasteiger partial charge < -0.3 is 10.5 Å². The Kier molecular flexibility index (Phi) is 6.19. The van der Waals surface area contributed by atoms with Crippen molar-refractivity contribution in [1.29, 1.82) is 0 Å². The summed E-state index contributed by atoms with van der Waals surface area (Å²) in [6.45, 7) is 2.86. The minimum Gasteiger partial charge on any atom is -0.469 e. The molecule has 0 saturated heterocycles. The van der Waals surface area contributed by atoms with Crippen LogP contribution in [0, 0.1) is 11.2 Å². The number of esters is 1. The average Bonchev–Trinajstić information content (AvgIpc) is 2.35. The van der Waals surface area contributed by atoms with E-state index in [-0.39, 0.29) is 18.0 Å². The Bertz CT molecular complexity index is 517. The van der Waals surface area contributed by atoms with Crippen LogP contribution in [-0.4, -0.2) is 13.1 Å². The van der Waals surface area contributed by atoms with Gasteiger partial charge in [-0.1, -0.05) is 6.07 Å². The van der Waals surface area contributed by atoms with E-state index < -0.39 is 35.0 Å². The van der Waals surface area contributed by atoms with Crippen LogP contribution in [0.1, 0.15) is 31.0 Å². The first-order chi connectivity index (χ1) is 9.01. The molecule has 0 aliphatic heterocycles. The Morgan fingerprint density at radius 1 is 1.29 bits per heavy atom. The second-order valence-electron chi connectivity index (χ2n) is 4.92. The fraction of sp³-hybridized carbons (Fsp3) is 0.462. The first-order valence-corrected chi connectivity index (χ1v) is 5.72. The number of rotatable bonds is 3. The quantitative estimate of drug-likeness (QED) is 0.682. The molecule has 0 aliphatic carbocycles. The molecule has 0 amide bonds. The molecule has 1 rings (SSSR count). The average molecular weight is 330 g/mol. The van der Waals surface area contributed by atoms with Crippen LogP contribution in [-0.2, 0) is 15.7 Å². The first-order valence-electron chi connectivity index (χ1n) is 5.72. The third kappa shape index (κ3) is 4.07. The molecule has 0 spiro atoms. The number of halogens is 5. The first kappa shape index (κ1) is 19.7. The smallest absolute Gasteiger partial charge is 0.416 e. The summed E-state index contributed by atoms with van der Waals surface area (Å²) in [5.74, 6) is -1.78. The number of nitrogens with two attached hydrogens (primary N) is 1. The highest BCUT2D eigenvalue weighted by Crippen LogP contribution is 2.36. The molecule has 0 heterocycles. The molecular formula is C13H16ClF4NO2. The minimum atomic E-state index is -4.64. The highest BCUT2D eigenvalue weighted by Gasteiger charge is 2.39. The summed E-state index contributed by atoms with van der Waals surface area (Å²) in [6, 6.07) is 0.902. The molecule has 0 radical (unpaired) electrons. The number of methoxy groups -OCH3 is 1. The predicted octanol–water partition coefficient (Wildman–Crippen LogP) is 3.47. The summed E-state index contributed by atoms with van der Waals surface area (Å²) in [5, 5.41) is 0. The van der Waals surface area contributed by atoms with Crippen LogP contribution in [0.2, 0.25) is 0 Å². The van der Waals surface area contributed by atoms with E-state index in [1.807, 2.05) is 0 Å². The summed E-state index contributed by atoms with van der Waals surface area (Å²) in [5.41, 5.74) is 3.24. The fourth-order valence-electron chi connectivity index (χ4n) is 1.73. The molecular weight excluding hydrogens is 314 g/mol. The summed E-state index contributed by atoms with van der Waals surface area (Å²) in [7, 11) is 1.15. The largest absolute Gasteiger partial charge is 0.469 e. The third-order valence-corrected chi connectivity index (χ3v) is 3.15. The van der Waals surface area contributed by atoms with Gasteiger partial charge in [0.25, 0.3) is 0 Å². The van der Waals surface area contributed by atoms with Crippen LogP contribution in [0.4, 0.5) is 17.6 Å². The van der Waals surface area contributed by atoms with Crippen LogP contribution in [0.25, 0.3) is 0 Å². The monoisotopic (exact) mass is 329 g/mol. The van der Waals surface area contributed by atoms with Gasteiger partial charge in [-0.2, -0.15) is 13.2 Å². The lowest BCUT2D eigenvalue weighted by atomic mass is 9.80. The zero-order valence-corrected chi connectivity index (χ0v) is 12.4. The molecule has 1 aromatic rings. The van der Waals surface area contributed by atoms with Gasteiger partial charge in [-0.15, -0.1) is 12.4 Å². The summed E-state index contributed by atoms with van der Waals surface area (Å²) >= 11 is 0. The van der Waals surface area contributed by atoms with Gasteiger partial charge in [0, 0.05) is 11.6 Å². The molecule has 0 unspecified atom stereocenters. The van der Waals surface area contributed by atoms with Gasteiger partial charge in [0.1, 0.15) is 5.82 Å². The number of alkyl halides is 3. The molecule has 0 bridgehead atoms. The number of hydrogen-bond donors (Lipinski definition) is 1. The van der Waals surface area contributed by atoms with Gasteiger partial charge >= 0.3 is 12.1 Å². The molecule has 0 fully saturated rings. The maximum Gasteiger partial charge on any atom is 0.416 e. The number of carbonyl (C=O) groups is 1. The lowest BCUT2D eigenvalue weighted by molar-refractivity contribution is -0.152. The standard InChI is InChI=1S/C13H15F4NO2.ClH/c1-12(2,11(19)20-3)10(18)8-5-4-7(6-9(8)14)13(15,16)17;/h4-6,10H,18H2,1-3H3;1H/t10-;/m0./s1. The van der Waals surface area contributed by atoms with Crippen LogP contribution < -0.4 is 5.73 Å². The Balaban J connectivity index is 0.00000400. The third-order valence-electron chi connectivity index (χ3n) is 3.15. The predicted molar refractivity (Wildman–Crippen MR) is 71.4 cm³/mol. The van der Waals surface area contributed by atoms with Crippen molar-refractivity contribution in [3.8, 4) is 0 Å². The van der Waals surface area contributed by atoms with E-state index in [0.717, 1.165) is 19.2 Å². The van der Waals surface area contributed by atoms with Crippen molar-refractivity contribution in [2.45, 2.75) is 26.1 Å². The Morgan fingerprint density at radius 3 is 2.19 bits per heavy atom. The highest BCUT2D eigenvalue weighted by atomic mass is 35.5. The maximum atomic E-state index is 13.8. The summed E-state index contributed by atoms with van der Waals surface area (Å²) in [4.78, 5) is 11.6. The van der Waals surface area contributed by atoms with Crippen molar-refractivity contribution in [1.82, 2.24) is 0 Å². The maximum absolute atomic E-state index is 13.8. The van der Waals surface area contributed by atoms with Crippen LogP contribution >= 0.6 is 12.4 Å². The number of hydrogen-bond acceptors (Lipinski definition) is 3. The normalized spacial score (nSPS) is 13.3. The number of benzene rings is 1. The van der Waals surface area contributed by atoms with Crippen LogP contribution in [0.3, 0.4) is 0 Å². The fourth-order valence-corrected chi connectivity index (χ4v) is 1.73. The van der Waals surface area contributed by atoms with E-state index in [1.165, 1.54) is 13.8 Å². The molecule has 1 aromatic carbocycles. The Hall–Kier alpha value is -1.34. The SMILES string of the molecule is COC(=O)C(C)(C)[C@@H](N)c1ccc(C(F)(F)F)cc1F.Cl. The van der Waals surface area contributed by atoms with Gasteiger partial charge in [-0.3, -0.25) is 4.79 Å². The highest BCUT2D eigenvalue weighted by molar-refractivity contribution is 5.85. The van der Waals surface area contributed by atoms with E-state index in [0.29, 0.717) is 6.07 Å². The van der Waals surface area contributed by atoms with E-state index in [9.17, 15) is 22.4 Å². The van der Waals surface area contributed by atoms with Crippen LogP contribution in [0.5, 0.6) is 0 Å². The molecule has 8 heteroatoms. The van der Waals surface area contributed by atoms with E-state index in [1.54, 1.807) is 0 Å². The minimum absolute atomic E-state index is 0. The molecule has 0 saturated carbocycles. The molecule has 0 aliphatic rings. The van der Waals surface area contributed by atoms with Gasteiger partial charge in [0.15, 0.2) is 0 Å².